The van der Waals surface area contributed by atoms with E-state index < -0.39 is 0 Å². The second-order valence-electron chi connectivity index (χ2n) is 6.34. The topological polar surface area (TPSA) is 75.9 Å². The van der Waals surface area contributed by atoms with Crippen LogP contribution in [0.2, 0.25) is 0 Å². The fraction of sp³-hybridized carbons (Fsp3) is 0.353. The van der Waals surface area contributed by atoms with Crippen LogP contribution in [-0.4, -0.2) is 38.0 Å². The number of hydrogen-bond acceptors (Lipinski definition) is 5. The van der Waals surface area contributed by atoms with Crippen LogP contribution < -0.4 is 5.32 Å². The van der Waals surface area contributed by atoms with Gasteiger partial charge < -0.3 is 10.4 Å². The van der Waals surface area contributed by atoms with E-state index in [1.807, 2.05) is 30.3 Å². The van der Waals surface area contributed by atoms with Crippen molar-refractivity contribution in [2.24, 2.45) is 5.41 Å². The Kier molecular flexibility index (Phi) is 4.25. The monoisotopic (exact) mass is 311 g/mol. The Morgan fingerprint density at radius 1 is 1.17 bits per heavy atom. The van der Waals surface area contributed by atoms with Crippen LogP contribution in [-0.2, 0) is 0 Å². The van der Waals surface area contributed by atoms with Gasteiger partial charge in [-0.1, -0.05) is 32.0 Å². The quantitative estimate of drug-likeness (QED) is 0.732. The van der Waals surface area contributed by atoms with E-state index in [-0.39, 0.29) is 12.0 Å². The van der Waals surface area contributed by atoms with E-state index in [9.17, 15) is 0 Å². The highest BCUT2D eigenvalue weighted by atomic mass is 16.3. The van der Waals surface area contributed by atoms with Crippen LogP contribution in [0.25, 0.3) is 16.7 Å². The summed E-state index contributed by atoms with van der Waals surface area (Å²) in [6.45, 7) is 5.12. The lowest BCUT2D eigenvalue weighted by atomic mass is 9.90. The molecule has 0 bridgehead atoms. The molecule has 120 valence electrons. The van der Waals surface area contributed by atoms with E-state index >= 15 is 0 Å². The molecule has 1 aromatic carbocycles. The molecule has 0 spiro atoms. The summed E-state index contributed by atoms with van der Waals surface area (Å²) >= 11 is 0. The standard InChI is InChI=1S/C17H21N5O/c1-17(2,8-9-23)11-18-15-14-10-21-22(16(14)20-12-19-15)13-6-4-3-5-7-13/h3-7,10,12,23H,8-9,11H2,1-2H3,(H,18,19,20). The average molecular weight is 311 g/mol. The molecule has 0 radical (unpaired) electrons. The van der Waals surface area contributed by atoms with E-state index in [1.165, 1.54) is 0 Å². The summed E-state index contributed by atoms with van der Waals surface area (Å²) in [5, 5.41) is 17.8. The normalized spacial score (nSPS) is 11.8. The summed E-state index contributed by atoms with van der Waals surface area (Å²) < 4.78 is 1.81. The zero-order valence-electron chi connectivity index (χ0n) is 13.4. The maximum atomic E-state index is 9.13. The van der Waals surface area contributed by atoms with Gasteiger partial charge in [-0.15, -0.1) is 0 Å². The second-order valence-corrected chi connectivity index (χ2v) is 6.34. The number of anilines is 1. The third-order valence-electron chi connectivity index (χ3n) is 3.89. The number of benzene rings is 1. The van der Waals surface area contributed by atoms with Crippen molar-refractivity contribution in [2.75, 3.05) is 18.5 Å². The average Bonchev–Trinajstić information content (AvgIpc) is 2.98. The van der Waals surface area contributed by atoms with Crippen molar-refractivity contribution in [3.05, 3.63) is 42.9 Å². The fourth-order valence-electron chi connectivity index (χ4n) is 2.46. The van der Waals surface area contributed by atoms with Gasteiger partial charge in [-0.2, -0.15) is 5.10 Å². The summed E-state index contributed by atoms with van der Waals surface area (Å²) in [5.74, 6) is 0.767. The molecule has 3 aromatic rings. The first-order valence-corrected chi connectivity index (χ1v) is 7.70. The predicted octanol–water partition coefficient (Wildman–Crippen LogP) is 2.64. The van der Waals surface area contributed by atoms with Gasteiger partial charge in [0, 0.05) is 13.2 Å². The van der Waals surface area contributed by atoms with Gasteiger partial charge in [0.25, 0.3) is 0 Å². The smallest absolute Gasteiger partial charge is 0.168 e. The molecule has 2 N–H and O–H groups in total. The lowest BCUT2D eigenvalue weighted by molar-refractivity contribution is 0.220. The van der Waals surface area contributed by atoms with E-state index in [2.05, 4.69) is 34.2 Å². The van der Waals surface area contributed by atoms with Crippen LogP contribution in [0.1, 0.15) is 20.3 Å². The zero-order chi connectivity index (χ0) is 16.3. The highest BCUT2D eigenvalue weighted by molar-refractivity contribution is 5.87. The maximum Gasteiger partial charge on any atom is 0.168 e. The largest absolute Gasteiger partial charge is 0.396 e. The van der Waals surface area contributed by atoms with E-state index in [4.69, 9.17) is 5.11 Å². The number of aliphatic hydroxyl groups is 1. The van der Waals surface area contributed by atoms with Gasteiger partial charge in [-0.05, 0) is 24.0 Å². The minimum Gasteiger partial charge on any atom is -0.396 e. The number of hydrogen-bond donors (Lipinski definition) is 2. The molecule has 2 heterocycles. The van der Waals surface area contributed by atoms with Crippen LogP contribution in [0.3, 0.4) is 0 Å². The molecular formula is C17H21N5O. The molecule has 23 heavy (non-hydrogen) atoms. The highest BCUT2D eigenvalue weighted by Gasteiger charge is 2.18. The van der Waals surface area contributed by atoms with Gasteiger partial charge in [0.2, 0.25) is 0 Å². The SMILES string of the molecule is CC(C)(CCO)CNc1ncnc2c1cnn2-c1ccccc1. The number of fused-ring (bicyclic) bond motifs is 1. The highest BCUT2D eigenvalue weighted by Crippen LogP contribution is 2.24. The summed E-state index contributed by atoms with van der Waals surface area (Å²) in [4.78, 5) is 8.71. The van der Waals surface area contributed by atoms with Crippen molar-refractivity contribution in [1.82, 2.24) is 19.7 Å². The Morgan fingerprint density at radius 2 is 1.96 bits per heavy atom. The molecule has 0 aliphatic heterocycles. The number of nitrogens with one attached hydrogen (secondary N) is 1. The van der Waals surface area contributed by atoms with Gasteiger partial charge >= 0.3 is 0 Å². The Labute approximate surface area is 135 Å². The molecule has 2 aromatic heterocycles. The lowest BCUT2D eigenvalue weighted by Crippen LogP contribution is -2.24. The Balaban J connectivity index is 1.90. The van der Waals surface area contributed by atoms with Crippen LogP contribution in [0.15, 0.2) is 42.9 Å². The summed E-state index contributed by atoms with van der Waals surface area (Å²) in [5.41, 5.74) is 1.72. The number of aromatic nitrogens is 4. The van der Waals surface area contributed by atoms with Gasteiger partial charge in [0.05, 0.1) is 17.3 Å². The van der Waals surface area contributed by atoms with Crippen molar-refractivity contribution in [1.29, 1.82) is 0 Å². The van der Waals surface area contributed by atoms with Crippen molar-refractivity contribution in [3.63, 3.8) is 0 Å². The van der Waals surface area contributed by atoms with Crippen LogP contribution in [0.5, 0.6) is 0 Å². The molecule has 3 rings (SSSR count). The molecule has 6 heteroatoms. The predicted molar refractivity (Wildman–Crippen MR) is 90.6 cm³/mol. The van der Waals surface area contributed by atoms with Crippen molar-refractivity contribution in [2.45, 2.75) is 20.3 Å². The molecular weight excluding hydrogens is 290 g/mol. The number of rotatable bonds is 6. The van der Waals surface area contributed by atoms with Crippen molar-refractivity contribution < 1.29 is 5.11 Å². The van der Waals surface area contributed by atoms with Gasteiger partial charge in [-0.3, -0.25) is 0 Å². The van der Waals surface area contributed by atoms with E-state index in [0.717, 1.165) is 35.5 Å². The van der Waals surface area contributed by atoms with Crippen molar-refractivity contribution in [3.8, 4) is 5.69 Å². The number of nitrogens with zero attached hydrogens (tertiary/aromatic N) is 4. The van der Waals surface area contributed by atoms with Crippen LogP contribution in [0, 0.1) is 5.41 Å². The summed E-state index contributed by atoms with van der Waals surface area (Å²) in [6.07, 6.45) is 4.06. The zero-order valence-corrected chi connectivity index (χ0v) is 13.4. The molecule has 0 atom stereocenters. The first-order chi connectivity index (χ1) is 11.1. The Morgan fingerprint density at radius 3 is 2.70 bits per heavy atom. The first-order valence-electron chi connectivity index (χ1n) is 7.70. The van der Waals surface area contributed by atoms with Crippen LogP contribution in [0.4, 0.5) is 5.82 Å². The fourth-order valence-corrected chi connectivity index (χ4v) is 2.46. The van der Waals surface area contributed by atoms with Gasteiger partial charge in [0.15, 0.2) is 5.65 Å². The molecule has 0 aliphatic rings. The number of aliphatic hydroxyl groups excluding tert-OH is 1. The molecule has 0 unspecified atom stereocenters. The molecule has 0 saturated carbocycles. The minimum atomic E-state index is -0.0125. The third kappa shape index (κ3) is 3.32. The molecule has 6 nitrogen and oxygen atoms in total. The maximum absolute atomic E-state index is 9.13. The van der Waals surface area contributed by atoms with E-state index in [1.54, 1.807) is 17.2 Å². The number of para-hydroxylation sites is 1. The lowest BCUT2D eigenvalue weighted by Gasteiger charge is -2.24. The van der Waals surface area contributed by atoms with Gasteiger partial charge in [0.1, 0.15) is 12.1 Å². The molecule has 0 aliphatic carbocycles. The van der Waals surface area contributed by atoms with Crippen molar-refractivity contribution >= 4 is 16.9 Å². The minimum absolute atomic E-state index is 0.0125. The Hall–Kier alpha value is -2.47. The van der Waals surface area contributed by atoms with E-state index in [0.29, 0.717) is 0 Å². The van der Waals surface area contributed by atoms with Gasteiger partial charge in [-0.25, -0.2) is 14.6 Å². The summed E-state index contributed by atoms with van der Waals surface area (Å²) in [7, 11) is 0. The molecule has 0 amide bonds. The second kappa shape index (κ2) is 6.34. The molecule has 0 fully saturated rings. The molecule has 0 saturated heterocycles. The Bertz CT molecular complexity index is 782. The summed E-state index contributed by atoms with van der Waals surface area (Å²) in [6, 6.07) is 9.90. The third-order valence-corrected chi connectivity index (χ3v) is 3.89. The van der Waals surface area contributed by atoms with Crippen LogP contribution >= 0.6 is 0 Å². The first kappa shape index (κ1) is 15.4.